The first-order chi connectivity index (χ1) is 13.3. The molecule has 0 aliphatic heterocycles. The second kappa shape index (κ2) is 9.54. The Balaban J connectivity index is 2.55. The van der Waals surface area contributed by atoms with E-state index in [1.807, 2.05) is 0 Å². The van der Waals surface area contributed by atoms with Gasteiger partial charge in [0.25, 0.3) is 5.69 Å². The van der Waals surface area contributed by atoms with Gasteiger partial charge in [0.15, 0.2) is 5.78 Å². The molecule has 152 valence electrons. The molecular weight excluding hydrogens is 387 g/mol. The summed E-state index contributed by atoms with van der Waals surface area (Å²) >= 11 is 0. The molecule has 0 saturated heterocycles. The van der Waals surface area contributed by atoms with E-state index in [1.165, 1.54) is 31.4 Å². The molecule has 0 bridgehead atoms. The van der Waals surface area contributed by atoms with Crippen molar-refractivity contribution in [2.45, 2.75) is 19.6 Å². The van der Waals surface area contributed by atoms with Crippen molar-refractivity contribution in [2.24, 2.45) is 0 Å². The molecule has 0 aliphatic rings. The highest BCUT2D eigenvalue weighted by Gasteiger charge is 2.38. The predicted molar refractivity (Wildman–Crippen MR) is 105 cm³/mol. The molecule has 2 rings (SSSR count). The van der Waals surface area contributed by atoms with E-state index < -0.39 is 18.3 Å². The molecule has 0 spiro atoms. The second-order valence-corrected chi connectivity index (χ2v) is 7.77. The van der Waals surface area contributed by atoms with Gasteiger partial charge in [0.2, 0.25) is 0 Å². The van der Waals surface area contributed by atoms with Crippen LogP contribution in [0.1, 0.15) is 25.2 Å². The summed E-state index contributed by atoms with van der Waals surface area (Å²) in [6.45, 7) is 3.60. The Kier molecular flexibility index (Phi) is 7.39. The van der Waals surface area contributed by atoms with Crippen LogP contribution in [0.5, 0.6) is 11.5 Å². The minimum atomic E-state index is -3.75. The first-order valence-corrected chi connectivity index (χ1v) is 10.2. The molecule has 0 aliphatic carbocycles. The van der Waals surface area contributed by atoms with Gasteiger partial charge in [0.05, 0.1) is 31.3 Å². The Labute approximate surface area is 162 Å². The molecule has 10 heteroatoms. The van der Waals surface area contributed by atoms with Crippen molar-refractivity contribution in [3.05, 3.63) is 58.1 Å². The minimum absolute atomic E-state index is 0.0283. The number of hydrogen-bond donors (Lipinski definition) is 2. The van der Waals surface area contributed by atoms with Crippen molar-refractivity contribution < 1.29 is 28.4 Å². The number of ether oxygens (including phenoxy) is 1. The van der Waals surface area contributed by atoms with Crippen molar-refractivity contribution >= 4 is 19.0 Å². The molecule has 0 radical (unpaired) electrons. The van der Waals surface area contributed by atoms with Gasteiger partial charge in [-0.05, 0) is 43.7 Å². The van der Waals surface area contributed by atoms with E-state index in [0.29, 0.717) is 11.3 Å². The van der Waals surface area contributed by atoms with Gasteiger partial charge in [-0.25, -0.2) is 0 Å². The highest BCUT2D eigenvalue weighted by molar-refractivity contribution is 7.54. The summed E-state index contributed by atoms with van der Waals surface area (Å²) in [7, 11) is -2.34. The summed E-state index contributed by atoms with van der Waals surface area (Å²) < 4.78 is 29.4. The quantitative estimate of drug-likeness (QED) is 0.329. The maximum atomic E-state index is 13.4. The molecule has 0 amide bonds. The van der Waals surface area contributed by atoms with Crippen LogP contribution in [-0.2, 0) is 13.6 Å². The zero-order valence-corrected chi connectivity index (χ0v) is 16.7. The van der Waals surface area contributed by atoms with Crippen molar-refractivity contribution in [2.75, 3.05) is 25.6 Å². The third-order valence-corrected chi connectivity index (χ3v) is 6.13. The molecule has 2 aromatic rings. The highest BCUT2D eigenvalue weighted by Crippen LogP contribution is 2.61. The van der Waals surface area contributed by atoms with Gasteiger partial charge in [-0.2, -0.15) is 0 Å². The molecular formula is C18H23N2O7P. The van der Waals surface area contributed by atoms with Crippen LogP contribution in [0.25, 0.3) is 0 Å². The molecule has 2 N–H and O–H groups in total. The number of nitro benzene ring substituents is 1. The summed E-state index contributed by atoms with van der Waals surface area (Å²) in [5.74, 6) is -0.683. The number of nitrogens with zero attached hydrogens (tertiary/aromatic N) is 1. The average molecular weight is 410 g/mol. The summed E-state index contributed by atoms with van der Waals surface area (Å²) in [5.41, 5.74) is 0.360. The van der Waals surface area contributed by atoms with E-state index in [9.17, 15) is 19.8 Å². The van der Waals surface area contributed by atoms with Gasteiger partial charge >= 0.3 is 7.60 Å². The number of phenolic OH excluding ortho intramolecular Hbond substituents is 1. The van der Waals surface area contributed by atoms with E-state index in [2.05, 4.69) is 5.32 Å². The average Bonchev–Trinajstić information content (AvgIpc) is 2.67. The number of nitro groups is 1. The Morgan fingerprint density at radius 2 is 1.75 bits per heavy atom. The summed E-state index contributed by atoms with van der Waals surface area (Å²) in [5, 5.41) is 24.0. The van der Waals surface area contributed by atoms with Crippen LogP contribution < -0.4 is 10.1 Å². The lowest BCUT2D eigenvalue weighted by atomic mass is 10.2. The van der Waals surface area contributed by atoms with Crippen molar-refractivity contribution in [3.8, 4) is 11.5 Å². The zero-order valence-electron chi connectivity index (χ0n) is 15.8. The smallest absolute Gasteiger partial charge is 0.357 e. The largest absolute Gasteiger partial charge is 0.508 e. The van der Waals surface area contributed by atoms with Gasteiger partial charge in [-0.1, -0.05) is 12.1 Å². The lowest BCUT2D eigenvalue weighted by Gasteiger charge is -2.28. The van der Waals surface area contributed by atoms with Gasteiger partial charge < -0.3 is 24.2 Å². The van der Waals surface area contributed by atoms with Crippen LogP contribution in [-0.4, -0.2) is 30.4 Å². The number of rotatable bonds is 10. The molecule has 0 heterocycles. The molecule has 0 saturated carbocycles. The van der Waals surface area contributed by atoms with Crippen LogP contribution in [0.4, 0.5) is 11.4 Å². The molecule has 1 atom stereocenters. The van der Waals surface area contributed by atoms with Crippen molar-refractivity contribution in [1.29, 1.82) is 0 Å². The fraction of sp³-hybridized carbons (Fsp3) is 0.333. The van der Waals surface area contributed by atoms with Crippen LogP contribution in [0.3, 0.4) is 0 Å². The predicted octanol–water partition coefficient (Wildman–Crippen LogP) is 4.69. The first-order valence-electron chi connectivity index (χ1n) is 8.61. The van der Waals surface area contributed by atoms with Gasteiger partial charge in [0.1, 0.15) is 17.2 Å². The molecule has 0 fully saturated rings. The number of benzene rings is 2. The molecule has 2 aromatic carbocycles. The Morgan fingerprint density at radius 1 is 1.14 bits per heavy atom. The lowest BCUT2D eigenvalue weighted by Crippen LogP contribution is -2.16. The van der Waals surface area contributed by atoms with Crippen LogP contribution in [0.15, 0.2) is 42.5 Å². The van der Waals surface area contributed by atoms with Crippen LogP contribution >= 0.6 is 7.60 Å². The van der Waals surface area contributed by atoms with Crippen LogP contribution in [0.2, 0.25) is 0 Å². The van der Waals surface area contributed by atoms with Gasteiger partial charge in [-0.15, -0.1) is 0 Å². The third kappa shape index (κ3) is 5.01. The van der Waals surface area contributed by atoms with Crippen LogP contribution in [0, 0.1) is 10.1 Å². The summed E-state index contributed by atoms with van der Waals surface area (Å²) in [6.07, 6.45) is 0. The van der Waals surface area contributed by atoms with Crippen molar-refractivity contribution in [1.82, 2.24) is 0 Å². The van der Waals surface area contributed by atoms with E-state index in [1.54, 1.807) is 32.0 Å². The number of methoxy groups -OCH3 is 1. The summed E-state index contributed by atoms with van der Waals surface area (Å²) in [6, 6.07) is 10.2. The number of phenols is 1. The second-order valence-electron chi connectivity index (χ2n) is 5.65. The van der Waals surface area contributed by atoms with E-state index >= 15 is 0 Å². The monoisotopic (exact) mass is 410 g/mol. The maximum Gasteiger partial charge on any atom is 0.357 e. The maximum absolute atomic E-state index is 13.4. The SMILES string of the molecule is CCOP(=O)(OCC)C(Nc1ccc(OC)cc1[N+](=O)[O-])c1ccc(O)cc1. The first kappa shape index (κ1) is 21.7. The Morgan fingerprint density at radius 3 is 2.25 bits per heavy atom. The normalized spacial score (nSPS) is 12.4. The molecule has 1 unspecified atom stereocenters. The van der Waals surface area contributed by atoms with Crippen molar-refractivity contribution in [3.63, 3.8) is 0 Å². The fourth-order valence-electron chi connectivity index (χ4n) is 2.61. The molecule has 28 heavy (non-hydrogen) atoms. The van der Waals surface area contributed by atoms with E-state index in [4.69, 9.17) is 13.8 Å². The number of nitrogens with one attached hydrogen (secondary N) is 1. The molecule has 9 nitrogen and oxygen atoms in total. The number of hydrogen-bond acceptors (Lipinski definition) is 8. The van der Waals surface area contributed by atoms with Gasteiger partial charge in [-0.3, -0.25) is 14.7 Å². The van der Waals surface area contributed by atoms with E-state index in [-0.39, 0.29) is 30.3 Å². The highest BCUT2D eigenvalue weighted by atomic mass is 31.2. The number of aromatic hydroxyl groups is 1. The Hall–Kier alpha value is -2.61. The molecule has 0 aromatic heterocycles. The Bertz CT molecular complexity index is 848. The lowest BCUT2D eigenvalue weighted by molar-refractivity contribution is -0.384. The fourth-order valence-corrected chi connectivity index (χ4v) is 4.53. The number of anilines is 1. The summed E-state index contributed by atoms with van der Waals surface area (Å²) in [4.78, 5) is 10.9. The standard InChI is InChI=1S/C18H23N2O7P/c1-4-26-28(24,27-5-2)18(13-6-8-14(21)9-7-13)19-16-11-10-15(25-3)12-17(16)20(22)23/h6-12,18-19,21H,4-5H2,1-3H3. The zero-order chi connectivity index (χ0) is 20.7. The van der Waals surface area contributed by atoms with Gasteiger partial charge in [0, 0.05) is 0 Å². The minimum Gasteiger partial charge on any atom is -0.508 e. The third-order valence-electron chi connectivity index (χ3n) is 3.84. The topological polar surface area (TPSA) is 120 Å². The van der Waals surface area contributed by atoms with E-state index in [0.717, 1.165) is 0 Å².